The summed E-state index contributed by atoms with van der Waals surface area (Å²) in [7, 11) is 3.95. The minimum absolute atomic E-state index is 0.0516. The maximum Gasteiger partial charge on any atom is 0.261 e. The number of carbonyl (C=O) groups is 2. The molecule has 0 unspecified atom stereocenters. The van der Waals surface area contributed by atoms with E-state index in [0.717, 1.165) is 42.1 Å². The highest BCUT2D eigenvalue weighted by molar-refractivity contribution is 6.26. The normalized spacial score (nSPS) is 18.3. The number of hydrogen-bond donors (Lipinski definition) is 0. The van der Waals surface area contributed by atoms with Gasteiger partial charge < -0.3 is 4.90 Å². The SMILES string of the molecule is CN(C)c1ccc2c3c(cccc13)C(=O)N(C1CCCCC1)C2=O. The van der Waals surface area contributed by atoms with Gasteiger partial charge in [-0.2, -0.15) is 0 Å². The van der Waals surface area contributed by atoms with Crippen molar-refractivity contribution in [1.82, 2.24) is 4.90 Å². The van der Waals surface area contributed by atoms with Gasteiger partial charge in [-0.15, -0.1) is 0 Å². The fourth-order valence-corrected chi connectivity index (χ4v) is 4.16. The molecule has 0 saturated heterocycles. The zero-order valence-electron chi connectivity index (χ0n) is 14.2. The lowest BCUT2D eigenvalue weighted by Crippen LogP contribution is -2.47. The van der Waals surface area contributed by atoms with Crippen molar-refractivity contribution in [3.05, 3.63) is 41.5 Å². The van der Waals surface area contributed by atoms with E-state index in [0.29, 0.717) is 11.1 Å². The smallest absolute Gasteiger partial charge is 0.261 e. The van der Waals surface area contributed by atoms with Gasteiger partial charge >= 0.3 is 0 Å². The maximum absolute atomic E-state index is 13.1. The molecular formula is C20H22N2O2. The Morgan fingerprint density at radius 2 is 1.58 bits per heavy atom. The first-order chi connectivity index (χ1) is 11.6. The summed E-state index contributed by atoms with van der Waals surface area (Å²) in [5.74, 6) is -0.248. The molecule has 1 fully saturated rings. The minimum atomic E-state index is -0.124. The summed E-state index contributed by atoms with van der Waals surface area (Å²) in [6, 6.07) is 9.68. The Kier molecular flexibility index (Phi) is 3.56. The van der Waals surface area contributed by atoms with Crippen LogP contribution in [0.2, 0.25) is 0 Å². The van der Waals surface area contributed by atoms with Crippen molar-refractivity contribution in [3.63, 3.8) is 0 Å². The Morgan fingerprint density at radius 3 is 2.25 bits per heavy atom. The van der Waals surface area contributed by atoms with Gasteiger partial charge in [-0.05, 0) is 31.0 Å². The standard InChI is InChI=1S/C20H22N2O2/c1-21(2)17-12-11-16-18-14(17)9-6-10-15(18)19(23)22(20(16)24)13-7-4-3-5-8-13/h6,9-13H,3-5,7-8H2,1-2H3. The Labute approximate surface area is 142 Å². The van der Waals surface area contributed by atoms with Gasteiger partial charge in [0.25, 0.3) is 11.8 Å². The number of nitrogens with zero attached hydrogens (tertiary/aromatic N) is 2. The van der Waals surface area contributed by atoms with Crippen molar-refractivity contribution >= 4 is 28.3 Å². The molecule has 0 bridgehead atoms. The van der Waals surface area contributed by atoms with Crippen molar-refractivity contribution in [2.45, 2.75) is 38.1 Å². The molecule has 0 N–H and O–H groups in total. The van der Waals surface area contributed by atoms with Crippen molar-refractivity contribution < 1.29 is 9.59 Å². The summed E-state index contributed by atoms with van der Waals surface area (Å²) in [6.07, 6.45) is 5.25. The van der Waals surface area contributed by atoms with Crippen LogP contribution in [0.15, 0.2) is 30.3 Å². The largest absolute Gasteiger partial charge is 0.377 e. The first-order valence-electron chi connectivity index (χ1n) is 8.70. The Bertz CT molecular complexity index is 813. The number of anilines is 1. The molecule has 4 rings (SSSR count). The fourth-order valence-electron chi connectivity index (χ4n) is 4.16. The zero-order valence-corrected chi connectivity index (χ0v) is 14.2. The van der Waals surface area contributed by atoms with E-state index in [1.807, 2.05) is 49.3 Å². The Morgan fingerprint density at radius 1 is 0.917 bits per heavy atom. The lowest BCUT2D eigenvalue weighted by atomic mass is 9.88. The second kappa shape index (κ2) is 5.62. The molecule has 2 aliphatic rings. The summed E-state index contributed by atoms with van der Waals surface area (Å²) in [5.41, 5.74) is 2.36. The van der Waals surface area contributed by atoms with E-state index in [4.69, 9.17) is 0 Å². The van der Waals surface area contributed by atoms with Crippen LogP contribution in [0.5, 0.6) is 0 Å². The van der Waals surface area contributed by atoms with E-state index in [-0.39, 0.29) is 17.9 Å². The number of benzene rings is 2. The first-order valence-corrected chi connectivity index (χ1v) is 8.70. The number of amides is 2. The molecule has 1 aliphatic heterocycles. The van der Waals surface area contributed by atoms with Gasteiger partial charge in [0.2, 0.25) is 0 Å². The lowest BCUT2D eigenvalue weighted by Gasteiger charge is -2.36. The third-order valence-corrected chi connectivity index (χ3v) is 5.34. The second-order valence-corrected chi connectivity index (χ2v) is 7.03. The highest BCUT2D eigenvalue weighted by atomic mass is 16.2. The van der Waals surface area contributed by atoms with E-state index < -0.39 is 0 Å². The van der Waals surface area contributed by atoms with Gasteiger partial charge in [0, 0.05) is 47.7 Å². The van der Waals surface area contributed by atoms with Crippen molar-refractivity contribution in [2.24, 2.45) is 0 Å². The van der Waals surface area contributed by atoms with Crippen LogP contribution in [0.1, 0.15) is 52.8 Å². The Balaban J connectivity index is 1.90. The summed E-state index contributed by atoms with van der Waals surface area (Å²) >= 11 is 0. The van der Waals surface area contributed by atoms with E-state index in [1.165, 1.54) is 11.3 Å². The number of rotatable bonds is 2. The molecule has 4 heteroatoms. The fraction of sp³-hybridized carbons (Fsp3) is 0.400. The van der Waals surface area contributed by atoms with Crippen LogP contribution in [0.3, 0.4) is 0 Å². The van der Waals surface area contributed by atoms with Crippen LogP contribution in [-0.2, 0) is 0 Å². The monoisotopic (exact) mass is 322 g/mol. The van der Waals surface area contributed by atoms with E-state index in [9.17, 15) is 9.59 Å². The molecular weight excluding hydrogens is 300 g/mol. The van der Waals surface area contributed by atoms with Crippen molar-refractivity contribution in [2.75, 3.05) is 19.0 Å². The molecule has 1 aliphatic carbocycles. The van der Waals surface area contributed by atoms with Gasteiger partial charge in [-0.25, -0.2) is 0 Å². The molecule has 4 nitrogen and oxygen atoms in total. The van der Waals surface area contributed by atoms with Crippen LogP contribution in [-0.4, -0.2) is 36.9 Å². The van der Waals surface area contributed by atoms with E-state index >= 15 is 0 Å². The average molecular weight is 322 g/mol. The topological polar surface area (TPSA) is 40.6 Å². The number of imide groups is 1. The van der Waals surface area contributed by atoms with Crippen LogP contribution in [0.25, 0.3) is 10.8 Å². The molecule has 124 valence electrons. The number of carbonyl (C=O) groups excluding carboxylic acids is 2. The van der Waals surface area contributed by atoms with Crippen molar-refractivity contribution in [1.29, 1.82) is 0 Å². The zero-order chi connectivity index (χ0) is 16.8. The van der Waals surface area contributed by atoms with Gasteiger partial charge in [0.05, 0.1) is 0 Å². The third kappa shape index (κ3) is 2.13. The third-order valence-electron chi connectivity index (χ3n) is 5.34. The lowest BCUT2D eigenvalue weighted by molar-refractivity contribution is 0.0503. The summed E-state index contributed by atoms with van der Waals surface area (Å²) in [5, 5.41) is 1.78. The first kappa shape index (κ1) is 15.2. The molecule has 1 saturated carbocycles. The quantitative estimate of drug-likeness (QED) is 0.789. The average Bonchev–Trinajstić information content (AvgIpc) is 2.60. The Hall–Kier alpha value is -2.36. The van der Waals surface area contributed by atoms with E-state index in [1.54, 1.807) is 0 Å². The molecule has 0 radical (unpaired) electrons. The molecule has 0 spiro atoms. The highest BCUT2D eigenvalue weighted by Crippen LogP contribution is 2.37. The van der Waals surface area contributed by atoms with Crippen LogP contribution < -0.4 is 4.90 Å². The summed E-state index contributed by atoms with van der Waals surface area (Å²) in [4.78, 5) is 29.7. The highest BCUT2D eigenvalue weighted by Gasteiger charge is 2.38. The van der Waals surface area contributed by atoms with Gasteiger partial charge in [0.1, 0.15) is 0 Å². The molecule has 0 aromatic heterocycles. The summed E-state index contributed by atoms with van der Waals surface area (Å²) < 4.78 is 0. The molecule has 2 aromatic carbocycles. The minimum Gasteiger partial charge on any atom is -0.377 e. The predicted molar refractivity (Wildman–Crippen MR) is 95.6 cm³/mol. The molecule has 24 heavy (non-hydrogen) atoms. The van der Waals surface area contributed by atoms with Crippen molar-refractivity contribution in [3.8, 4) is 0 Å². The van der Waals surface area contributed by atoms with Gasteiger partial charge in [-0.3, -0.25) is 14.5 Å². The van der Waals surface area contributed by atoms with E-state index in [2.05, 4.69) is 0 Å². The van der Waals surface area contributed by atoms with Gasteiger partial charge in [-0.1, -0.05) is 31.4 Å². The maximum atomic E-state index is 13.1. The second-order valence-electron chi connectivity index (χ2n) is 7.03. The molecule has 0 atom stereocenters. The predicted octanol–water partition coefficient (Wildman–Crippen LogP) is 3.83. The summed E-state index contributed by atoms with van der Waals surface area (Å²) in [6.45, 7) is 0. The molecule has 2 amide bonds. The molecule has 1 heterocycles. The molecule has 2 aromatic rings. The van der Waals surface area contributed by atoms with Crippen LogP contribution in [0, 0.1) is 0 Å². The van der Waals surface area contributed by atoms with Crippen LogP contribution >= 0.6 is 0 Å². The number of hydrogen-bond acceptors (Lipinski definition) is 3. The van der Waals surface area contributed by atoms with Gasteiger partial charge in [0.15, 0.2) is 0 Å². The van der Waals surface area contributed by atoms with Crippen LogP contribution in [0.4, 0.5) is 5.69 Å².